The first-order valence-electron chi connectivity index (χ1n) is 7.48. The van der Waals surface area contributed by atoms with E-state index in [9.17, 15) is 9.59 Å². The van der Waals surface area contributed by atoms with Gasteiger partial charge in [-0.15, -0.1) is 23.7 Å². The number of hydrogen-bond donors (Lipinski definition) is 2. The smallest absolute Gasteiger partial charge is 0.294 e. The SMILES string of the molecule is CCCN1CCc2c(sc(NC(=O)c3ccno3)c2C(N)=O)C1.Cl. The van der Waals surface area contributed by atoms with Crippen LogP contribution in [0.2, 0.25) is 0 Å². The first-order chi connectivity index (χ1) is 11.1. The fraction of sp³-hybridized carbons (Fsp3) is 0.400. The van der Waals surface area contributed by atoms with Crippen molar-refractivity contribution in [1.82, 2.24) is 10.1 Å². The van der Waals surface area contributed by atoms with Gasteiger partial charge in [0.1, 0.15) is 5.00 Å². The monoisotopic (exact) mass is 370 g/mol. The second-order valence-corrected chi connectivity index (χ2v) is 6.53. The van der Waals surface area contributed by atoms with Gasteiger partial charge in [-0.25, -0.2) is 0 Å². The average molecular weight is 371 g/mol. The van der Waals surface area contributed by atoms with Gasteiger partial charge in [-0.1, -0.05) is 12.1 Å². The Morgan fingerprint density at radius 1 is 1.50 bits per heavy atom. The summed E-state index contributed by atoms with van der Waals surface area (Å²) in [5, 5.41) is 6.72. The highest BCUT2D eigenvalue weighted by molar-refractivity contribution is 7.17. The lowest BCUT2D eigenvalue weighted by Gasteiger charge is -2.26. The Morgan fingerprint density at radius 3 is 2.92 bits per heavy atom. The van der Waals surface area contributed by atoms with Crippen LogP contribution >= 0.6 is 23.7 Å². The highest BCUT2D eigenvalue weighted by Gasteiger charge is 2.28. The largest absolute Gasteiger partial charge is 0.365 e. The van der Waals surface area contributed by atoms with Gasteiger partial charge in [0.15, 0.2) is 0 Å². The number of amides is 2. The van der Waals surface area contributed by atoms with Gasteiger partial charge in [0, 0.05) is 24.0 Å². The Balaban J connectivity index is 0.00000208. The predicted molar refractivity (Wildman–Crippen MR) is 93.8 cm³/mol. The number of anilines is 1. The quantitative estimate of drug-likeness (QED) is 0.840. The summed E-state index contributed by atoms with van der Waals surface area (Å²) < 4.78 is 4.84. The number of aromatic nitrogens is 1. The maximum absolute atomic E-state index is 12.1. The number of carbonyl (C=O) groups excluding carboxylic acids is 2. The van der Waals surface area contributed by atoms with Gasteiger partial charge in [0.05, 0.1) is 11.8 Å². The Morgan fingerprint density at radius 2 is 2.29 bits per heavy atom. The molecule has 3 N–H and O–H groups in total. The van der Waals surface area contributed by atoms with E-state index in [0.717, 1.165) is 42.9 Å². The van der Waals surface area contributed by atoms with Gasteiger partial charge in [0.2, 0.25) is 5.76 Å². The van der Waals surface area contributed by atoms with Crippen LogP contribution in [0.4, 0.5) is 5.00 Å². The first kappa shape index (κ1) is 18.4. The fourth-order valence-corrected chi connectivity index (χ4v) is 4.10. The molecule has 0 unspecified atom stereocenters. The van der Waals surface area contributed by atoms with Crippen molar-refractivity contribution in [1.29, 1.82) is 0 Å². The van der Waals surface area contributed by atoms with Crippen LogP contribution in [0.25, 0.3) is 0 Å². The molecule has 0 spiro atoms. The van der Waals surface area contributed by atoms with E-state index in [4.69, 9.17) is 10.3 Å². The van der Waals surface area contributed by atoms with Crippen molar-refractivity contribution in [2.45, 2.75) is 26.3 Å². The number of carbonyl (C=O) groups is 2. The van der Waals surface area contributed by atoms with E-state index in [0.29, 0.717) is 10.6 Å². The van der Waals surface area contributed by atoms with Gasteiger partial charge >= 0.3 is 0 Å². The van der Waals surface area contributed by atoms with E-state index in [1.165, 1.54) is 23.6 Å². The molecule has 0 atom stereocenters. The maximum Gasteiger partial charge on any atom is 0.294 e. The number of nitrogens with two attached hydrogens (primary N) is 1. The minimum Gasteiger partial charge on any atom is -0.365 e. The summed E-state index contributed by atoms with van der Waals surface area (Å²) in [7, 11) is 0. The molecule has 7 nitrogen and oxygen atoms in total. The Labute approximate surface area is 149 Å². The molecule has 2 amide bonds. The lowest BCUT2D eigenvalue weighted by atomic mass is 10.0. The van der Waals surface area contributed by atoms with E-state index >= 15 is 0 Å². The maximum atomic E-state index is 12.1. The van der Waals surface area contributed by atoms with Crippen LogP contribution in [0.5, 0.6) is 0 Å². The van der Waals surface area contributed by atoms with E-state index in [-0.39, 0.29) is 18.2 Å². The second kappa shape index (κ2) is 7.78. The van der Waals surface area contributed by atoms with Gasteiger partial charge in [-0.05, 0) is 24.9 Å². The number of primary amides is 1. The Hall–Kier alpha value is -1.90. The standard InChI is InChI=1S/C15H18N4O3S.ClH/c1-2-6-19-7-4-9-11(8-19)23-15(12(9)13(16)20)18-14(21)10-3-5-17-22-10;/h3,5H,2,4,6-8H2,1H3,(H2,16,20)(H,18,21);1H. The van der Waals surface area contributed by atoms with E-state index in [1.807, 2.05) is 0 Å². The summed E-state index contributed by atoms with van der Waals surface area (Å²) in [6.07, 6.45) is 3.24. The molecular weight excluding hydrogens is 352 g/mol. The highest BCUT2D eigenvalue weighted by Crippen LogP contribution is 2.37. The van der Waals surface area contributed by atoms with E-state index in [1.54, 1.807) is 0 Å². The molecule has 3 heterocycles. The van der Waals surface area contributed by atoms with Crippen molar-refractivity contribution in [3.05, 3.63) is 34.0 Å². The molecule has 2 aromatic heterocycles. The van der Waals surface area contributed by atoms with E-state index < -0.39 is 11.8 Å². The van der Waals surface area contributed by atoms with Crippen LogP contribution in [-0.2, 0) is 13.0 Å². The summed E-state index contributed by atoms with van der Waals surface area (Å²) in [6.45, 7) is 4.84. The average Bonchev–Trinajstić information content (AvgIpc) is 3.14. The summed E-state index contributed by atoms with van der Waals surface area (Å²) in [5.74, 6) is -0.854. The number of thiophene rings is 1. The first-order valence-corrected chi connectivity index (χ1v) is 8.30. The van der Waals surface area contributed by atoms with Gasteiger partial charge in [-0.3, -0.25) is 14.5 Å². The van der Waals surface area contributed by atoms with E-state index in [2.05, 4.69) is 22.3 Å². The lowest BCUT2D eigenvalue weighted by Crippen LogP contribution is -2.31. The topological polar surface area (TPSA) is 101 Å². The zero-order valence-corrected chi connectivity index (χ0v) is 14.8. The molecule has 0 fully saturated rings. The molecular formula is C15H19ClN4O3S. The van der Waals surface area contributed by atoms with Crippen LogP contribution in [-0.4, -0.2) is 35.0 Å². The van der Waals surface area contributed by atoms with Crippen molar-refractivity contribution in [3.8, 4) is 0 Å². The predicted octanol–water partition coefficient (Wildman–Crippen LogP) is 2.28. The molecule has 3 rings (SSSR count). The zero-order valence-electron chi connectivity index (χ0n) is 13.2. The van der Waals surface area contributed by atoms with Gasteiger partial charge in [-0.2, -0.15) is 0 Å². The summed E-state index contributed by atoms with van der Waals surface area (Å²) in [5.41, 5.74) is 6.92. The van der Waals surface area contributed by atoms with Crippen LogP contribution in [0.3, 0.4) is 0 Å². The Bertz CT molecular complexity index is 729. The van der Waals surface area contributed by atoms with Gasteiger partial charge in [0.25, 0.3) is 11.8 Å². The normalized spacial score (nSPS) is 13.9. The van der Waals surface area contributed by atoms with Crippen LogP contribution in [0.15, 0.2) is 16.8 Å². The van der Waals surface area contributed by atoms with Crippen LogP contribution < -0.4 is 11.1 Å². The van der Waals surface area contributed by atoms with Crippen molar-refractivity contribution < 1.29 is 14.1 Å². The number of nitrogens with one attached hydrogen (secondary N) is 1. The molecule has 1 aliphatic rings. The molecule has 1 aliphatic heterocycles. The summed E-state index contributed by atoms with van der Waals surface area (Å²) in [6, 6.07) is 1.47. The van der Waals surface area contributed by atoms with Gasteiger partial charge < -0.3 is 15.6 Å². The molecule has 0 aromatic carbocycles. The minimum atomic E-state index is -0.515. The van der Waals surface area contributed by atoms with Crippen molar-refractivity contribution >= 4 is 40.6 Å². The highest BCUT2D eigenvalue weighted by atomic mass is 35.5. The number of hydrogen-bond acceptors (Lipinski definition) is 6. The zero-order chi connectivity index (χ0) is 16.4. The molecule has 0 radical (unpaired) electrons. The number of nitrogens with zero attached hydrogens (tertiary/aromatic N) is 2. The summed E-state index contributed by atoms with van der Waals surface area (Å²) in [4.78, 5) is 27.4. The van der Waals surface area contributed by atoms with Crippen LogP contribution in [0.1, 0.15) is 44.7 Å². The fourth-order valence-electron chi connectivity index (χ4n) is 2.81. The molecule has 0 aliphatic carbocycles. The number of fused-ring (bicyclic) bond motifs is 1. The second-order valence-electron chi connectivity index (χ2n) is 5.43. The molecule has 0 bridgehead atoms. The molecule has 130 valence electrons. The third-order valence-corrected chi connectivity index (χ3v) is 4.94. The molecule has 0 saturated heterocycles. The number of rotatable bonds is 5. The van der Waals surface area contributed by atoms with Crippen molar-refractivity contribution in [2.75, 3.05) is 18.4 Å². The molecule has 0 saturated carbocycles. The summed E-state index contributed by atoms with van der Waals surface area (Å²) >= 11 is 1.41. The van der Waals surface area contributed by atoms with Crippen molar-refractivity contribution in [2.24, 2.45) is 5.73 Å². The molecule has 24 heavy (non-hydrogen) atoms. The molecule has 9 heteroatoms. The van der Waals surface area contributed by atoms with Crippen LogP contribution in [0, 0.1) is 0 Å². The third kappa shape index (κ3) is 3.61. The lowest BCUT2D eigenvalue weighted by molar-refractivity contribution is 0.0988. The molecule has 2 aromatic rings. The minimum absolute atomic E-state index is 0. The van der Waals surface area contributed by atoms with Crippen molar-refractivity contribution in [3.63, 3.8) is 0 Å². The third-order valence-electron chi connectivity index (χ3n) is 3.81. The Kier molecular flexibility index (Phi) is 5.98. The number of halogens is 1.